The summed E-state index contributed by atoms with van der Waals surface area (Å²) in [5, 5.41) is 3.27. The maximum atomic E-state index is 13.3. The number of halogens is 2. The van der Waals surface area contributed by atoms with Crippen molar-refractivity contribution in [3.8, 4) is 11.5 Å². The molecule has 3 aromatic carbocycles. The quantitative estimate of drug-likeness (QED) is 0.283. The summed E-state index contributed by atoms with van der Waals surface area (Å²) in [4.78, 5) is 39.5. The summed E-state index contributed by atoms with van der Waals surface area (Å²) in [5.74, 6) is -0.597. The number of imide groups is 2. The van der Waals surface area contributed by atoms with E-state index in [4.69, 9.17) is 32.7 Å². The second kappa shape index (κ2) is 11.1. The number of nitrogens with zero attached hydrogens (tertiary/aromatic N) is 1. The number of hydrogen-bond acceptors (Lipinski definition) is 5. The second-order valence-electron chi connectivity index (χ2n) is 8.34. The maximum absolute atomic E-state index is 13.3. The molecule has 0 aromatic heterocycles. The molecule has 1 aliphatic rings. The summed E-state index contributed by atoms with van der Waals surface area (Å²) in [6.07, 6.45) is 1.42. The van der Waals surface area contributed by atoms with Crippen molar-refractivity contribution in [1.82, 2.24) is 5.32 Å². The molecule has 37 heavy (non-hydrogen) atoms. The van der Waals surface area contributed by atoms with Gasteiger partial charge in [-0.3, -0.25) is 14.9 Å². The fourth-order valence-corrected chi connectivity index (χ4v) is 4.28. The minimum Gasteiger partial charge on any atom is -0.490 e. The van der Waals surface area contributed by atoms with Gasteiger partial charge in [0.15, 0.2) is 11.5 Å². The zero-order valence-electron chi connectivity index (χ0n) is 20.4. The van der Waals surface area contributed by atoms with E-state index in [1.807, 2.05) is 26.8 Å². The Labute approximate surface area is 224 Å². The van der Waals surface area contributed by atoms with Gasteiger partial charge in [0, 0.05) is 15.6 Å². The normalized spacial score (nSPS) is 14.7. The Hall–Kier alpha value is -3.81. The molecular formula is C28H24Cl2N2O5. The van der Waals surface area contributed by atoms with E-state index in [0.717, 1.165) is 21.6 Å². The number of barbiturate groups is 1. The first-order chi connectivity index (χ1) is 17.7. The Balaban J connectivity index is 1.63. The van der Waals surface area contributed by atoms with Crippen LogP contribution in [0.15, 0.2) is 60.2 Å². The van der Waals surface area contributed by atoms with E-state index in [0.29, 0.717) is 39.4 Å². The van der Waals surface area contributed by atoms with Gasteiger partial charge in [0.1, 0.15) is 12.2 Å². The minimum absolute atomic E-state index is 0.176. The van der Waals surface area contributed by atoms with Crippen LogP contribution in [-0.4, -0.2) is 24.5 Å². The number of nitrogens with one attached hydrogen (secondary N) is 1. The molecular weight excluding hydrogens is 515 g/mol. The highest BCUT2D eigenvalue weighted by atomic mass is 35.5. The smallest absolute Gasteiger partial charge is 0.335 e. The SMILES string of the molecule is CCOc1cc(/C=C2\C(=O)NC(=O)N(c3cccc(C)c3C)C2=O)ccc1OCc1ccc(Cl)cc1Cl. The van der Waals surface area contributed by atoms with Gasteiger partial charge in [-0.25, -0.2) is 9.69 Å². The van der Waals surface area contributed by atoms with Crippen molar-refractivity contribution in [3.63, 3.8) is 0 Å². The molecule has 1 heterocycles. The fraction of sp³-hybridized carbons (Fsp3) is 0.179. The van der Waals surface area contributed by atoms with Crippen molar-refractivity contribution in [3.05, 3.63) is 92.5 Å². The molecule has 1 fully saturated rings. The summed E-state index contributed by atoms with van der Waals surface area (Å²) in [5.41, 5.74) is 3.19. The number of aryl methyl sites for hydroxylation is 1. The first-order valence-corrected chi connectivity index (χ1v) is 12.3. The van der Waals surface area contributed by atoms with E-state index in [1.54, 1.807) is 48.5 Å². The van der Waals surface area contributed by atoms with Crippen molar-refractivity contribution < 1.29 is 23.9 Å². The van der Waals surface area contributed by atoms with Gasteiger partial charge in [0.2, 0.25) is 0 Å². The highest BCUT2D eigenvalue weighted by Crippen LogP contribution is 2.32. The van der Waals surface area contributed by atoms with Crippen molar-refractivity contribution >= 4 is 52.8 Å². The van der Waals surface area contributed by atoms with Gasteiger partial charge < -0.3 is 9.47 Å². The number of ether oxygens (including phenoxy) is 2. The van der Waals surface area contributed by atoms with E-state index in [2.05, 4.69) is 5.32 Å². The molecule has 3 aromatic rings. The molecule has 1 aliphatic heterocycles. The van der Waals surface area contributed by atoms with Crippen LogP contribution in [0.25, 0.3) is 6.08 Å². The van der Waals surface area contributed by atoms with Crippen LogP contribution in [0.4, 0.5) is 10.5 Å². The highest BCUT2D eigenvalue weighted by molar-refractivity contribution is 6.39. The van der Waals surface area contributed by atoms with Crippen molar-refractivity contribution in [2.45, 2.75) is 27.4 Å². The third-order valence-corrected chi connectivity index (χ3v) is 6.48. The van der Waals surface area contributed by atoms with E-state index < -0.39 is 17.8 Å². The Bertz CT molecular complexity index is 1430. The first-order valence-electron chi connectivity index (χ1n) is 11.5. The van der Waals surface area contributed by atoms with Gasteiger partial charge in [0.05, 0.1) is 12.3 Å². The standard InChI is InChI=1S/C28H24Cl2N2O5/c1-4-36-25-13-18(8-11-24(25)37-15-19-9-10-20(29)14-22(19)30)12-21-26(33)31-28(35)32(27(21)34)23-7-5-6-16(2)17(23)3/h5-14H,4,15H2,1-3H3,(H,31,33,35)/b21-12+. The molecule has 0 radical (unpaired) electrons. The second-order valence-corrected chi connectivity index (χ2v) is 9.18. The van der Waals surface area contributed by atoms with E-state index >= 15 is 0 Å². The summed E-state index contributed by atoms with van der Waals surface area (Å²) < 4.78 is 11.7. The van der Waals surface area contributed by atoms with Gasteiger partial charge in [0.25, 0.3) is 11.8 Å². The first kappa shape index (κ1) is 26.3. The number of amides is 4. The molecule has 9 heteroatoms. The van der Waals surface area contributed by atoms with Gasteiger partial charge in [-0.1, -0.05) is 47.5 Å². The maximum Gasteiger partial charge on any atom is 0.335 e. The van der Waals surface area contributed by atoms with E-state index in [1.165, 1.54) is 6.08 Å². The molecule has 0 saturated carbocycles. The third kappa shape index (κ3) is 5.63. The van der Waals surface area contributed by atoms with Crippen LogP contribution in [0.2, 0.25) is 10.0 Å². The summed E-state index contributed by atoms with van der Waals surface area (Å²) in [6.45, 7) is 6.08. The third-order valence-electron chi connectivity index (χ3n) is 5.90. The van der Waals surface area contributed by atoms with Crippen LogP contribution in [0.3, 0.4) is 0 Å². The molecule has 4 rings (SSSR count). The lowest BCUT2D eigenvalue weighted by molar-refractivity contribution is -0.122. The molecule has 7 nitrogen and oxygen atoms in total. The summed E-state index contributed by atoms with van der Waals surface area (Å²) >= 11 is 12.2. The molecule has 0 spiro atoms. The number of anilines is 1. The van der Waals surface area contributed by atoms with Crippen LogP contribution in [-0.2, 0) is 16.2 Å². The van der Waals surface area contributed by atoms with Crippen molar-refractivity contribution in [2.24, 2.45) is 0 Å². The molecule has 190 valence electrons. The predicted molar refractivity (Wildman–Crippen MR) is 143 cm³/mol. The highest BCUT2D eigenvalue weighted by Gasteiger charge is 2.37. The van der Waals surface area contributed by atoms with Gasteiger partial charge >= 0.3 is 6.03 Å². The van der Waals surface area contributed by atoms with Crippen LogP contribution >= 0.6 is 23.2 Å². The van der Waals surface area contributed by atoms with Crippen LogP contribution in [0, 0.1) is 13.8 Å². The van der Waals surface area contributed by atoms with Crippen molar-refractivity contribution in [1.29, 1.82) is 0 Å². The van der Waals surface area contributed by atoms with Crippen LogP contribution in [0.5, 0.6) is 11.5 Å². The van der Waals surface area contributed by atoms with E-state index in [-0.39, 0.29) is 12.2 Å². The molecule has 0 aliphatic carbocycles. The predicted octanol–water partition coefficient (Wildman–Crippen LogP) is 6.25. The average Bonchev–Trinajstić information content (AvgIpc) is 2.85. The molecule has 0 bridgehead atoms. The average molecular weight is 539 g/mol. The zero-order valence-corrected chi connectivity index (χ0v) is 21.9. The number of rotatable bonds is 7. The van der Waals surface area contributed by atoms with E-state index in [9.17, 15) is 14.4 Å². The largest absolute Gasteiger partial charge is 0.490 e. The van der Waals surface area contributed by atoms with Crippen molar-refractivity contribution in [2.75, 3.05) is 11.5 Å². The lowest BCUT2D eigenvalue weighted by Gasteiger charge is -2.28. The lowest BCUT2D eigenvalue weighted by atomic mass is 10.0. The number of benzene rings is 3. The number of hydrogen-bond donors (Lipinski definition) is 1. The van der Waals surface area contributed by atoms with Gasteiger partial charge in [-0.2, -0.15) is 0 Å². The number of urea groups is 1. The Morgan fingerprint density at radius 2 is 1.73 bits per heavy atom. The van der Waals surface area contributed by atoms with Crippen LogP contribution in [0.1, 0.15) is 29.2 Å². The molecule has 0 unspecified atom stereocenters. The lowest BCUT2D eigenvalue weighted by Crippen LogP contribution is -2.54. The Kier molecular flexibility index (Phi) is 7.86. The molecule has 1 N–H and O–H groups in total. The number of carbonyl (C=O) groups is 3. The number of carbonyl (C=O) groups excluding carboxylic acids is 3. The summed E-state index contributed by atoms with van der Waals surface area (Å²) in [6, 6.07) is 14.7. The minimum atomic E-state index is -0.791. The summed E-state index contributed by atoms with van der Waals surface area (Å²) in [7, 11) is 0. The molecule has 4 amide bonds. The van der Waals surface area contributed by atoms with Gasteiger partial charge in [-0.15, -0.1) is 0 Å². The zero-order chi connectivity index (χ0) is 26.7. The molecule has 0 atom stereocenters. The van der Waals surface area contributed by atoms with Crippen LogP contribution < -0.4 is 19.7 Å². The fourth-order valence-electron chi connectivity index (χ4n) is 3.82. The Morgan fingerprint density at radius 1 is 0.946 bits per heavy atom. The molecule has 1 saturated heterocycles. The van der Waals surface area contributed by atoms with Gasteiger partial charge in [-0.05, 0) is 73.9 Å². The topological polar surface area (TPSA) is 84.9 Å². The monoisotopic (exact) mass is 538 g/mol. The Morgan fingerprint density at radius 3 is 2.46 bits per heavy atom.